The molecule has 2 aromatic rings. The molecule has 0 aromatic heterocycles. The summed E-state index contributed by atoms with van der Waals surface area (Å²) in [7, 11) is 0. The molecule has 1 N–H and O–H groups in total. The van der Waals surface area contributed by atoms with Crippen LogP contribution in [0.1, 0.15) is 0 Å². The summed E-state index contributed by atoms with van der Waals surface area (Å²) in [5.41, 5.74) is 0.754. The van der Waals surface area contributed by atoms with Gasteiger partial charge in [0.15, 0.2) is 0 Å². The molecule has 6 heteroatoms. The predicted molar refractivity (Wildman–Crippen MR) is 96.3 cm³/mol. The molecule has 112 valence electrons. The summed E-state index contributed by atoms with van der Waals surface area (Å²) in [6.45, 7) is 0. The summed E-state index contributed by atoms with van der Waals surface area (Å²) in [5, 5.41) is 11.6. The summed E-state index contributed by atoms with van der Waals surface area (Å²) in [4.78, 5) is 14.0. The number of halogens is 1. The van der Waals surface area contributed by atoms with E-state index in [0.29, 0.717) is 11.5 Å². The van der Waals surface area contributed by atoms with E-state index in [2.05, 4.69) is 27.3 Å². The number of thioether (sulfide) groups is 2. The highest BCUT2D eigenvalue weighted by atomic mass is 79.9. The Kier molecular flexibility index (Phi) is 6.84. The first-order valence-corrected chi connectivity index (χ1v) is 9.22. The van der Waals surface area contributed by atoms with Gasteiger partial charge in [-0.3, -0.25) is 4.79 Å². The number of para-hydroxylation sites is 1. The van der Waals surface area contributed by atoms with Gasteiger partial charge in [-0.25, -0.2) is 0 Å². The first-order chi connectivity index (χ1) is 10.7. The Hall–Kier alpha value is -1.42. The number of nitrogens with zero attached hydrogens (tertiary/aromatic N) is 1. The van der Waals surface area contributed by atoms with E-state index in [-0.39, 0.29) is 5.91 Å². The summed E-state index contributed by atoms with van der Waals surface area (Å²) >= 11 is 6.29. The smallest absolute Gasteiger partial charge is 0.234 e. The lowest BCUT2D eigenvalue weighted by Gasteiger charge is -2.09. The second kappa shape index (κ2) is 8.89. The molecule has 0 aliphatic heterocycles. The minimum absolute atomic E-state index is 0.0575. The summed E-state index contributed by atoms with van der Waals surface area (Å²) in [6, 6.07) is 17.5. The molecule has 0 atom stereocenters. The summed E-state index contributed by atoms with van der Waals surface area (Å²) in [5.74, 6) is 0.650. The molecule has 0 saturated heterocycles. The van der Waals surface area contributed by atoms with Crippen LogP contribution in [0.5, 0.6) is 0 Å². The predicted octanol–water partition coefficient (Wildman–Crippen LogP) is 4.80. The van der Waals surface area contributed by atoms with E-state index in [4.69, 9.17) is 5.26 Å². The molecule has 0 bridgehead atoms. The number of hydrogen-bond donors (Lipinski definition) is 1. The van der Waals surface area contributed by atoms with Crippen molar-refractivity contribution >= 4 is 51.0 Å². The topological polar surface area (TPSA) is 52.9 Å². The number of carbonyl (C=O) groups excluding carboxylic acids is 1. The Labute approximate surface area is 146 Å². The number of hydrogen-bond acceptors (Lipinski definition) is 4. The van der Waals surface area contributed by atoms with Crippen molar-refractivity contribution < 1.29 is 4.79 Å². The van der Waals surface area contributed by atoms with Gasteiger partial charge in [0.1, 0.15) is 0 Å². The van der Waals surface area contributed by atoms with Crippen molar-refractivity contribution in [2.24, 2.45) is 0 Å². The SMILES string of the molecule is N#CCSc1ccccc1NC(=O)CSc1ccc(Br)cc1. The van der Waals surface area contributed by atoms with Crippen LogP contribution < -0.4 is 5.32 Å². The zero-order valence-electron chi connectivity index (χ0n) is 11.6. The van der Waals surface area contributed by atoms with Crippen LogP contribution in [-0.4, -0.2) is 17.4 Å². The lowest BCUT2D eigenvalue weighted by Crippen LogP contribution is -2.14. The number of amides is 1. The third kappa shape index (κ3) is 5.41. The largest absolute Gasteiger partial charge is 0.324 e. The van der Waals surface area contributed by atoms with Crippen LogP contribution in [0.4, 0.5) is 5.69 Å². The number of anilines is 1. The molecule has 0 unspecified atom stereocenters. The molecule has 22 heavy (non-hydrogen) atoms. The van der Waals surface area contributed by atoms with Crippen LogP contribution >= 0.6 is 39.5 Å². The molecule has 0 fully saturated rings. The highest BCUT2D eigenvalue weighted by molar-refractivity contribution is 9.10. The molecule has 0 radical (unpaired) electrons. The highest BCUT2D eigenvalue weighted by Crippen LogP contribution is 2.27. The van der Waals surface area contributed by atoms with Crippen LogP contribution in [0.25, 0.3) is 0 Å². The second-order valence-electron chi connectivity index (χ2n) is 4.23. The maximum Gasteiger partial charge on any atom is 0.234 e. The van der Waals surface area contributed by atoms with Gasteiger partial charge in [-0.2, -0.15) is 5.26 Å². The van der Waals surface area contributed by atoms with Gasteiger partial charge in [0.2, 0.25) is 5.91 Å². The number of benzene rings is 2. The van der Waals surface area contributed by atoms with Crippen molar-refractivity contribution in [2.45, 2.75) is 9.79 Å². The Morgan fingerprint density at radius 2 is 1.86 bits per heavy atom. The van der Waals surface area contributed by atoms with E-state index in [1.165, 1.54) is 23.5 Å². The van der Waals surface area contributed by atoms with Crippen LogP contribution in [0.3, 0.4) is 0 Å². The fraction of sp³-hybridized carbons (Fsp3) is 0.125. The minimum atomic E-state index is -0.0575. The molecule has 1 amide bonds. The normalized spacial score (nSPS) is 10.0. The number of rotatable bonds is 6. The van der Waals surface area contributed by atoms with Crippen LogP contribution in [0.2, 0.25) is 0 Å². The van der Waals surface area contributed by atoms with Gasteiger partial charge in [-0.15, -0.1) is 23.5 Å². The van der Waals surface area contributed by atoms with E-state index in [0.717, 1.165) is 20.0 Å². The fourth-order valence-electron chi connectivity index (χ4n) is 1.67. The summed E-state index contributed by atoms with van der Waals surface area (Å²) in [6.07, 6.45) is 0. The van der Waals surface area contributed by atoms with E-state index < -0.39 is 0 Å². The van der Waals surface area contributed by atoms with E-state index in [1.807, 2.05) is 48.5 Å². The van der Waals surface area contributed by atoms with Crippen LogP contribution in [-0.2, 0) is 4.79 Å². The van der Waals surface area contributed by atoms with E-state index in [9.17, 15) is 4.79 Å². The quantitative estimate of drug-likeness (QED) is 0.717. The van der Waals surface area contributed by atoms with Crippen molar-refractivity contribution in [3.05, 3.63) is 53.0 Å². The number of nitriles is 1. The van der Waals surface area contributed by atoms with Crippen molar-refractivity contribution in [2.75, 3.05) is 16.8 Å². The highest BCUT2D eigenvalue weighted by Gasteiger charge is 2.07. The monoisotopic (exact) mass is 392 g/mol. The molecule has 0 saturated carbocycles. The van der Waals surface area contributed by atoms with Gasteiger partial charge in [-0.05, 0) is 36.4 Å². The standard InChI is InChI=1S/C16H13BrN2OS2/c17-12-5-7-13(8-6-12)22-11-16(20)19-14-3-1-2-4-15(14)21-10-9-18/h1-8H,10-11H2,(H,19,20). The van der Waals surface area contributed by atoms with Gasteiger partial charge >= 0.3 is 0 Å². The molecule has 2 rings (SSSR count). The first kappa shape index (κ1) is 16.9. The zero-order chi connectivity index (χ0) is 15.8. The summed E-state index contributed by atoms with van der Waals surface area (Å²) < 4.78 is 1.02. The Morgan fingerprint density at radius 3 is 2.59 bits per heavy atom. The Balaban J connectivity index is 1.92. The van der Waals surface area contributed by atoms with Crippen molar-refractivity contribution in [1.29, 1.82) is 5.26 Å². The molecule has 0 heterocycles. The molecule has 2 aromatic carbocycles. The molecule has 0 aliphatic carbocycles. The maximum atomic E-state index is 12.1. The molecular weight excluding hydrogens is 380 g/mol. The molecular formula is C16H13BrN2OS2. The molecule has 0 spiro atoms. The van der Waals surface area contributed by atoms with Gasteiger partial charge in [0.05, 0.1) is 23.3 Å². The third-order valence-corrected chi connectivity index (χ3v) is 5.12. The van der Waals surface area contributed by atoms with E-state index in [1.54, 1.807) is 0 Å². The molecule has 3 nitrogen and oxygen atoms in total. The lowest BCUT2D eigenvalue weighted by molar-refractivity contribution is -0.113. The van der Waals surface area contributed by atoms with Crippen molar-refractivity contribution in [3.8, 4) is 6.07 Å². The fourth-order valence-corrected chi connectivity index (χ4v) is 3.30. The van der Waals surface area contributed by atoms with Gasteiger partial charge in [0.25, 0.3) is 0 Å². The zero-order valence-corrected chi connectivity index (χ0v) is 14.8. The van der Waals surface area contributed by atoms with Crippen molar-refractivity contribution in [1.82, 2.24) is 0 Å². The van der Waals surface area contributed by atoms with Gasteiger partial charge < -0.3 is 5.32 Å². The van der Waals surface area contributed by atoms with Crippen molar-refractivity contribution in [3.63, 3.8) is 0 Å². The van der Waals surface area contributed by atoms with Gasteiger partial charge in [-0.1, -0.05) is 28.1 Å². The number of carbonyl (C=O) groups is 1. The first-order valence-electron chi connectivity index (χ1n) is 6.46. The van der Waals surface area contributed by atoms with E-state index >= 15 is 0 Å². The average Bonchev–Trinajstić information content (AvgIpc) is 2.53. The number of nitrogens with one attached hydrogen (secondary N) is 1. The Morgan fingerprint density at radius 1 is 1.14 bits per heavy atom. The molecule has 0 aliphatic rings. The average molecular weight is 393 g/mol. The minimum Gasteiger partial charge on any atom is -0.324 e. The Bertz CT molecular complexity index is 683. The second-order valence-corrected chi connectivity index (χ2v) is 7.22. The lowest BCUT2D eigenvalue weighted by atomic mass is 10.3. The van der Waals surface area contributed by atoms with Gasteiger partial charge in [0, 0.05) is 14.3 Å². The maximum absolute atomic E-state index is 12.1. The van der Waals surface area contributed by atoms with Crippen LogP contribution in [0.15, 0.2) is 62.8 Å². The third-order valence-electron chi connectivity index (χ3n) is 2.64. The van der Waals surface area contributed by atoms with Crippen LogP contribution in [0, 0.1) is 11.3 Å².